The zero-order valence-electron chi connectivity index (χ0n) is 14.5. The highest BCUT2D eigenvalue weighted by atomic mass is 32.2. The van der Waals surface area contributed by atoms with Crippen LogP contribution in [0, 0.1) is 17.7 Å². The number of halogens is 1. The van der Waals surface area contributed by atoms with Crippen LogP contribution in [0.4, 0.5) is 4.39 Å². The molecule has 0 bridgehead atoms. The van der Waals surface area contributed by atoms with Gasteiger partial charge in [0.1, 0.15) is 11.9 Å². The van der Waals surface area contributed by atoms with E-state index < -0.39 is 11.9 Å². The molecule has 2 atom stereocenters. The molecule has 2 rings (SSSR count). The predicted molar refractivity (Wildman–Crippen MR) is 93.2 cm³/mol. The van der Waals surface area contributed by atoms with Gasteiger partial charge in [0.2, 0.25) is 0 Å². The minimum absolute atomic E-state index is 0.127. The minimum Gasteiger partial charge on any atom is -0.464 e. The Hall–Kier alpha value is -1.56. The number of hydrogen-bond acceptors (Lipinski definition) is 4. The van der Waals surface area contributed by atoms with E-state index in [1.54, 1.807) is 22.7 Å². The average molecular weight is 353 g/mol. The van der Waals surface area contributed by atoms with Crippen molar-refractivity contribution >= 4 is 23.6 Å². The fraction of sp³-hybridized carbons (Fsp3) is 0.556. The Morgan fingerprint density at radius 2 is 2.04 bits per heavy atom. The van der Waals surface area contributed by atoms with Crippen LogP contribution in [0.25, 0.3) is 0 Å². The Morgan fingerprint density at radius 3 is 2.62 bits per heavy atom. The molecule has 1 fully saturated rings. The second kappa shape index (κ2) is 8.01. The maximum Gasteiger partial charge on any atom is 0.329 e. The lowest BCUT2D eigenvalue weighted by Gasteiger charge is -2.30. The Morgan fingerprint density at radius 1 is 1.33 bits per heavy atom. The molecule has 0 radical (unpaired) electrons. The SMILES string of the molecule is CC(C)COC(=O)C1CSC(C(C)C)N1C(=O)c1cccc(F)c1. The summed E-state index contributed by atoms with van der Waals surface area (Å²) in [7, 11) is 0. The average Bonchev–Trinajstić information content (AvgIpc) is 2.97. The summed E-state index contributed by atoms with van der Waals surface area (Å²) in [5.41, 5.74) is 0.254. The van der Waals surface area contributed by atoms with Crippen molar-refractivity contribution in [3.63, 3.8) is 0 Å². The number of carbonyl (C=O) groups excluding carboxylic acids is 2. The summed E-state index contributed by atoms with van der Waals surface area (Å²) < 4.78 is 18.8. The van der Waals surface area contributed by atoms with Gasteiger partial charge in [-0.1, -0.05) is 33.8 Å². The summed E-state index contributed by atoms with van der Waals surface area (Å²) in [6.45, 7) is 8.26. The van der Waals surface area contributed by atoms with Crippen LogP contribution in [0.1, 0.15) is 38.1 Å². The van der Waals surface area contributed by atoms with Gasteiger partial charge >= 0.3 is 5.97 Å². The van der Waals surface area contributed by atoms with E-state index in [0.29, 0.717) is 12.4 Å². The molecular formula is C18H24FNO3S. The fourth-order valence-corrected chi connectivity index (χ4v) is 4.06. The number of ether oxygens (including phenoxy) is 1. The highest BCUT2D eigenvalue weighted by Gasteiger charge is 2.43. The summed E-state index contributed by atoms with van der Waals surface area (Å²) in [5, 5.41) is -0.127. The zero-order valence-corrected chi connectivity index (χ0v) is 15.3. The molecule has 2 unspecified atom stereocenters. The summed E-state index contributed by atoms with van der Waals surface area (Å²) >= 11 is 1.57. The predicted octanol–water partition coefficient (Wildman–Crippen LogP) is 3.56. The van der Waals surface area contributed by atoms with E-state index in [1.807, 2.05) is 27.7 Å². The van der Waals surface area contributed by atoms with Crippen LogP contribution in [0.2, 0.25) is 0 Å². The molecule has 1 amide bonds. The number of rotatable bonds is 5. The van der Waals surface area contributed by atoms with Gasteiger partial charge in [0.05, 0.1) is 12.0 Å². The van der Waals surface area contributed by atoms with Crippen LogP contribution in [0.15, 0.2) is 24.3 Å². The molecule has 1 saturated heterocycles. The van der Waals surface area contributed by atoms with Crippen LogP contribution in [-0.2, 0) is 9.53 Å². The third-order valence-electron chi connectivity index (χ3n) is 3.74. The molecule has 24 heavy (non-hydrogen) atoms. The summed E-state index contributed by atoms with van der Waals surface area (Å²) in [6, 6.07) is 4.95. The van der Waals surface area contributed by atoms with E-state index in [4.69, 9.17) is 4.74 Å². The number of benzene rings is 1. The fourth-order valence-electron chi connectivity index (χ4n) is 2.60. The van der Waals surface area contributed by atoms with Crippen molar-refractivity contribution in [3.8, 4) is 0 Å². The van der Waals surface area contributed by atoms with Crippen molar-refractivity contribution in [1.82, 2.24) is 4.90 Å². The maximum atomic E-state index is 13.5. The monoisotopic (exact) mass is 353 g/mol. The van der Waals surface area contributed by atoms with E-state index >= 15 is 0 Å². The molecule has 6 heteroatoms. The lowest BCUT2D eigenvalue weighted by molar-refractivity contribution is -0.149. The summed E-state index contributed by atoms with van der Waals surface area (Å²) in [5.74, 6) is -0.269. The minimum atomic E-state index is -0.628. The van der Waals surface area contributed by atoms with Gasteiger partial charge in [-0.25, -0.2) is 9.18 Å². The van der Waals surface area contributed by atoms with Gasteiger partial charge < -0.3 is 9.64 Å². The van der Waals surface area contributed by atoms with Gasteiger partial charge in [-0.15, -0.1) is 11.8 Å². The van der Waals surface area contributed by atoms with Crippen molar-refractivity contribution < 1.29 is 18.7 Å². The first-order valence-corrected chi connectivity index (χ1v) is 9.22. The molecule has 0 spiro atoms. The Balaban J connectivity index is 2.25. The molecular weight excluding hydrogens is 329 g/mol. The molecule has 1 heterocycles. The second-order valence-electron chi connectivity index (χ2n) is 6.73. The van der Waals surface area contributed by atoms with Crippen LogP contribution >= 0.6 is 11.8 Å². The van der Waals surface area contributed by atoms with Gasteiger partial charge in [0.15, 0.2) is 0 Å². The second-order valence-corrected chi connectivity index (χ2v) is 7.88. The Bertz CT molecular complexity index is 606. The van der Waals surface area contributed by atoms with Crippen molar-refractivity contribution in [1.29, 1.82) is 0 Å². The molecule has 1 aromatic carbocycles. The summed E-state index contributed by atoms with van der Waals surface area (Å²) in [6.07, 6.45) is 0. The molecule has 1 aliphatic rings. The van der Waals surface area contributed by atoms with Gasteiger partial charge in [0, 0.05) is 11.3 Å². The van der Waals surface area contributed by atoms with Crippen LogP contribution in [0.3, 0.4) is 0 Å². The Labute approximate surface area is 146 Å². The van der Waals surface area contributed by atoms with Crippen molar-refractivity contribution in [2.24, 2.45) is 11.8 Å². The quantitative estimate of drug-likeness (QED) is 0.760. The van der Waals surface area contributed by atoms with Gasteiger partial charge in [-0.2, -0.15) is 0 Å². The van der Waals surface area contributed by atoms with Gasteiger partial charge in [-0.3, -0.25) is 4.79 Å². The van der Waals surface area contributed by atoms with E-state index in [-0.39, 0.29) is 34.6 Å². The van der Waals surface area contributed by atoms with Crippen LogP contribution in [0.5, 0.6) is 0 Å². The smallest absolute Gasteiger partial charge is 0.329 e. The van der Waals surface area contributed by atoms with Gasteiger partial charge in [0.25, 0.3) is 5.91 Å². The molecule has 1 aromatic rings. The highest BCUT2D eigenvalue weighted by Crippen LogP contribution is 2.35. The van der Waals surface area contributed by atoms with Gasteiger partial charge in [-0.05, 0) is 30.0 Å². The van der Waals surface area contributed by atoms with E-state index in [2.05, 4.69) is 0 Å². The number of nitrogens with zero attached hydrogens (tertiary/aromatic N) is 1. The molecule has 132 valence electrons. The van der Waals surface area contributed by atoms with E-state index in [0.717, 1.165) is 0 Å². The first-order chi connectivity index (χ1) is 11.3. The number of carbonyl (C=O) groups is 2. The highest BCUT2D eigenvalue weighted by molar-refractivity contribution is 8.00. The van der Waals surface area contributed by atoms with Crippen LogP contribution < -0.4 is 0 Å². The molecule has 1 aliphatic heterocycles. The van der Waals surface area contributed by atoms with Crippen molar-refractivity contribution in [2.75, 3.05) is 12.4 Å². The lowest BCUT2D eigenvalue weighted by Crippen LogP contribution is -2.48. The van der Waals surface area contributed by atoms with Crippen LogP contribution in [-0.4, -0.2) is 40.6 Å². The maximum absolute atomic E-state index is 13.5. The molecule has 0 aromatic heterocycles. The van der Waals surface area contributed by atoms with E-state index in [1.165, 1.54) is 18.2 Å². The Kier molecular flexibility index (Phi) is 6.27. The van der Waals surface area contributed by atoms with Crippen molar-refractivity contribution in [2.45, 2.75) is 39.1 Å². The summed E-state index contributed by atoms with van der Waals surface area (Å²) in [4.78, 5) is 26.9. The first kappa shape index (κ1) is 18.8. The third-order valence-corrected chi connectivity index (χ3v) is 5.36. The number of esters is 1. The molecule has 0 aliphatic carbocycles. The standard InChI is InChI=1S/C18H24FNO3S/c1-11(2)9-23-18(22)15-10-24-17(12(3)4)20(15)16(21)13-6-5-7-14(19)8-13/h5-8,11-12,15,17H,9-10H2,1-4H3. The topological polar surface area (TPSA) is 46.6 Å². The first-order valence-electron chi connectivity index (χ1n) is 8.17. The molecule has 0 N–H and O–H groups in total. The lowest BCUT2D eigenvalue weighted by atomic mass is 10.1. The molecule has 0 saturated carbocycles. The largest absolute Gasteiger partial charge is 0.464 e. The number of thioether (sulfide) groups is 1. The van der Waals surface area contributed by atoms with E-state index in [9.17, 15) is 14.0 Å². The van der Waals surface area contributed by atoms with Crippen molar-refractivity contribution in [3.05, 3.63) is 35.6 Å². The zero-order chi connectivity index (χ0) is 17.9. The molecule has 4 nitrogen and oxygen atoms in total. The number of hydrogen-bond donors (Lipinski definition) is 0. The third kappa shape index (κ3) is 4.29. The number of amides is 1. The normalized spacial score (nSPS) is 20.7.